The maximum atomic E-state index is 13.0. The van der Waals surface area contributed by atoms with Crippen LogP contribution >= 0.6 is 11.5 Å². The van der Waals surface area contributed by atoms with Gasteiger partial charge in [0.15, 0.2) is 5.69 Å². The third-order valence-electron chi connectivity index (χ3n) is 4.92. The largest absolute Gasteiger partial charge is 0.478 e. The Morgan fingerprint density at radius 2 is 1.84 bits per heavy atom. The van der Waals surface area contributed by atoms with E-state index in [4.69, 9.17) is 9.47 Å². The van der Waals surface area contributed by atoms with Crippen LogP contribution in [0.25, 0.3) is 0 Å². The summed E-state index contributed by atoms with van der Waals surface area (Å²) in [6.45, 7) is 7.46. The maximum Gasteiger partial charge on any atom is 0.434 e. The number of esters is 1. The fourth-order valence-electron chi connectivity index (χ4n) is 3.29. The summed E-state index contributed by atoms with van der Waals surface area (Å²) >= 11 is 1.02. The number of amides is 1. The smallest absolute Gasteiger partial charge is 0.434 e. The van der Waals surface area contributed by atoms with Crippen LogP contribution in [-0.4, -0.2) is 43.4 Å². The molecule has 3 rings (SSSR count). The highest BCUT2D eigenvalue weighted by atomic mass is 32.1. The van der Waals surface area contributed by atoms with Crippen LogP contribution in [0.3, 0.4) is 0 Å². The average molecular weight is 552 g/mol. The molecule has 38 heavy (non-hydrogen) atoms. The molecule has 0 bridgehead atoms. The van der Waals surface area contributed by atoms with Gasteiger partial charge in [-0.25, -0.2) is 9.97 Å². The molecule has 1 amide bonds. The number of halogens is 3. The van der Waals surface area contributed by atoms with Gasteiger partial charge in [-0.1, -0.05) is 0 Å². The Kier molecular flexibility index (Phi) is 9.36. The Hall–Kier alpha value is -3.61. The van der Waals surface area contributed by atoms with Crippen molar-refractivity contribution in [3.8, 4) is 5.88 Å². The molecular weight excluding hydrogens is 523 g/mol. The van der Waals surface area contributed by atoms with Crippen molar-refractivity contribution in [1.82, 2.24) is 19.3 Å². The zero-order chi connectivity index (χ0) is 27.9. The average Bonchev–Trinajstić information content (AvgIpc) is 3.18. The van der Waals surface area contributed by atoms with Crippen LogP contribution in [0.1, 0.15) is 72.4 Å². The van der Waals surface area contributed by atoms with Gasteiger partial charge in [-0.15, -0.1) is 0 Å². The molecule has 0 aliphatic heterocycles. The summed E-state index contributed by atoms with van der Waals surface area (Å²) in [5, 5.41) is 2.72. The number of ether oxygens (including phenoxy) is 2. The zero-order valence-corrected chi connectivity index (χ0v) is 22.2. The topological polar surface area (TPSA) is 116 Å². The number of aromatic nitrogens is 4. The lowest BCUT2D eigenvalue weighted by atomic mass is 10.1. The molecule has 0 saturated heterocycles. The number of anilines is 1. The quantitative estimate of drug-likeness (QED) is 0.263. The first-order valence-electron chi connectivity index (χ1n) is 11.8. The van der Waals surface area contributed by atoms with Gasteiger partial charge in [-0.3, -0.25) is 14.6 Å². The third-order valence-corrected chi connectivity index (χ3v) is 5.85. The molecule has 13 heteroatoms. The van der Waals surface area contributed by atoms with Crippen LogP contribution in [0, 0.1) is 6.92 Å². The first-order chi connectivity index (χ1) is 17.8. The van der Waals surface area contributed by atoms with E-state index in [2.05, 4.69) is 24.6 Å². The summed E-state index contributed by atoms with van der Waals surface area (Å²) in [5.74, 6) is -0.362. The van der Waals surface area contributed by atoms with Gasteiger partial charge in [0, 0.05) is 30.0 Å². The number of unbranched alkanes of at least 4 members (excludes halogenated alkanes) is 1. The second-order valence-corrected chi connectivity index (χ2v) is 10.2. The van der Waals surface area contributed by atoms with Gasteiger partial charge in [0.25, 0.3) is 5.91 Å². The van der Waals surface area contributed by atoms with E-state index in [0.29, 0.717) is 54.2 Å². The summed E-state index contributed by atoms with van der Waals surface area (Å²) in [5.41, 5.74) is -0.416. The highest BCUT2D eigenvalue weighted by Gasteiger charge is 2.33. The summed E-state index contributed by atoms with van der Waals surface area (Å²) in [4.78, 5) is 36.5. The van der Waals surface area contributed by atoms with Crippen molar-refractivity contribution >= 4 is 29.1 Å². The monoisotopic (exact) mass is 551 g/mol. The molecule has 0 spiro atoms. The minimum Gasteiger partial charge on any atom is -0.478 e. The lowest BCUT2D eigenvalue weighted by Gasteiger charge is -2.19. The normalized spacial score (nSPS) is 11.8. The summed E-state index contributed by atoms with van der Waals surface area (Å²) in [6.07, 6.45) is 0.235. The molecule has 3 heterocycles. The fourth-order valence-corrected chi connectivity index (χ4v) is 4.18. The number of hydrogen-bond donors (Lipinski definition) is 1. The molecule has 0 aliphatic rings. The molecule has 3 aromatic heterocycles. The molecule has 0 unspecified atom stereocenters. The lowest BCUT2D eigenvalue weighted by molar-refractivity contribution is -0.155. The SMILES string of the molecule is Cc1nsc(Cc2cncc(C(F)(F)F)n2)c1C(=O)Nc1ccc(OCCCCC(=O)OC(C)(C)C)nc1. The Bertz CT molecular complexity index is 1260. The van der Waals surface area contributed by atoms with Crippen molar-refractivity contribution in [2.24, 2.45) is 0 Å². The summed E-state index contributed by atoms with van der Waals surface area (Å²) in [7, 11) is 0. The first kappa shape index (κ1) is 29.0. The zero-order valence-electron chi connectivity index (χ0n) is 21.4. The molecule has 1 N–H and O–H groups in total. The van der Waals surface area contributed by atoms with E-state index in [0.717, 1.165) is 11.5 Å². The van der Waals surface area contributed by atoms with Crippen LogP contribution in [0.15, 0.2) is 30.7 Å². The van der Waals surface area contributed by atoms with Crippen molar-refractivity contribution in [2.45, 2.75) is 65.2 Å². The number of rotatable bonds is 10. The molecule has 0 saturated carbocycles. The van der Waals surface area contributed by atoms with E-state index in [1.165, 1.54) is 12.4 Å². The molecule has 0 aromatic carbocycles. The lowest BCUT2D eigenvalue weighted by Crippen LogP contribution is -2.23. The van der Waals surface area contributed by atoms with Crippen molar-refractivity contribution in [1.29, 1.82) is 0 Å². The van der Waals surface area contributed by atoms with Crippen molar-refractivity contribution in [2.75, 3.05) is 11.9 Å². The van der Waals surface area contributed by atoms with E-state index in [1.807, 2.05) is 20.8 Å². The van der Waals surface area contributed by atoms with Crippen LogP contribution in [-0.2, 0) is 22.1 Å². The van der Waals surface area contributed by atoms with E-state index in [9.17, 15) is 22.8 Å². The van der Waals surface area contributed by atoms with Crippen LogP contribution in [0.5, 0.6) is 5.88 Å². The van der Waals surface area contributed by atoms with Gasteiger partial charge in [-0.05, 0) is 58.1 Å². The highest BCUT2D eigenvalue weighted by Crippen LogP contribution is 2.28. The number of aryl methyl sites for hydroxylation is 1. The van der Waals surface area contributed by atoms with Gasteiger partial charge >= 0.3 is 12.1 Å². The standard InChI is InChI=1S/C25H28F3N5O4S/c1-15-22(18(38-33-15)11-17-12-29-14-19(31-17)25(26,27)28)23(35)32-16-8-9-20(30-13-16)36-10-6-5-7-21(34)37-24(2,3)4/h8-9,12-14H,5-7,10-11H2,1-4H3,(H,32,35). The number of nitrogens with one attached hydrogen (secondary N) is 1. The van der Waals surface area contributed by atoms with Gasteiger partial charge in [0.1, 0.15) is 5.60 Å². The highest BCUT2D eigenvalue weighted by molar-refractivity contribution is 7.06. The Balaban J connectivity index is 1.53. The first-order valence-corrected chi connectivity index (χ1v) is 12.5. The van der Waals surface area contributed by atoms with E-state index >= 15 is 0 Å². The van der Waals surface area contributed by atoms with Gasteiger partial charge in [0.05, 0.1) is 41.6 Å². The predicted molar refractivity (Wildman–Crippen MR) is 134 cm³/mol. The second kappa shape index (κ2) is 12.3. The van der Waals surface area contributed by atoms with E-state index in [1.54, 1.807) is 19.1 Å². The van der Waals surface area contributed by atoms with Crippen molar-refractivity contribution in [3.05, 3.63) is 58.2 Å². The van der Waals surface area contributed by atoms with E-state index in [-0.39, 0.29) is 23.6 Å². The van der Waals surface area contributed by atoms with Gasteiger partial charge in [0.2, 0.25) is 5.88 Å². The van der Waals surface area contributed by atoms with Crippen molar-refractivity contribution < 1.29 is 32.2 Å². The molecule has 0 aliphatic carbocycles. The fraction of sp³-hybridized carbons (Fsp3) is 0.440. The summed E-state index contributed by atoms with van der Waals surface area (Å²) in [6, 6.07) is 3.22. The van der Waals surface area contributed by atoms with Gasteiger partial charge in [-0.2, -0.15) is 17.5 Å². The van der Waals surface area contributed by atoms with E-state index < -0.39 is 23.4 Å². The number of alkyl halides is 3. The maximum absolute atomic E-state index is 13.0. The van der Waals surface area contributed by atoms with Crippen LogP contribution < -0.4 is 10.1 Å². The molecule has 0 atom stereocenters. The molecule has 9 nitrogen and oxygen atoms in total. The predicted octanol–water partition coefficient (Wildman–Crippen LogP) is 5.39. The Labute approximate surface area is 222 Å². The Morgan fingerprint density at radius 1 is 1.08 bits per heavy atom. The van der Waals surface area contributed by atoms with Crippen LogP contribution in [0.4, 0.5) is 18.9 Å². The van der Waals surface area contributed by atoms with Gasteiger partial charge < -0.3 is 14.8 Å². The molecule has 3 aromatic rings. The minimum atomic E-state index is -4.62. The number of pyridine rings is 1. The molecule has 0 radical (unpaired) electrons. The number of carbonyl (C=O) groups is 2. The molecule has 204 valence electrons. The Morgan fingerprint density at radius 3 is 2.50 bits per heavy atom. The minimum absolute atomic E-state index is 0.0237. The van der Waals surface area contributed by atoms with Crippen LogP contribution in [0.2, 0.25) is 0 Å². The number of carbonyl (C=O) groups excluding carboxylic acids is 2. The third kappa shape index (κ3) is 8.75. The summed E-state index contributed by atoms with van der Waals surface area (Å²) < 4.78 is 53.9. The second-order valence-electron chi connectivity index (χ2n) is 9.37. The van der Waals surface area contributed by atoms with Crippen molar-refractivity contribution in [3.63, 3.8) is 0 Å². The number of hydrogen-bond acceptors (Lipinski definition) is 9. The molecule has 0 fully saturated rings. The number of nitrogens with zero attached hydrogens (tertiary/aromatic N) is 4. The molecular formula is C25H28F3N5O4S.